The molecule has 3 atom stereocenters. The Morgan fingerprint density at radius 1 is 1.14 bits per heavy atom. The third-order valence-corrected chi connectivity index (χ3v) is 6.09. The summed E-state index contributed by atoms with van der Waals surface area (Å²) >= 11 is 0. The van der Waals surface area contributed by atoms with Gasteiger partial charge in [0.2, 0.25) is 5.70 Å². The van der Waals surface area contributed by atoms with Crippen molar-refractivity contribution >= 4 is 0 Å². The Balaban J connectivity index is 1.95. The highest BCUT2D eigenvalue weighted by Gasteiger charge is 2.53. The van der Waals surface area contributed by atoms with Gasteiger partial charge in [0.05, 0.1) is 6.57 Å². The zero-order chi connectivity index (χ0) is 16.0. The minimum absolute atomic E-state index is 0.106. The topological polar surface area (TPSA) is 24.6 Å². The van der Waals surface area contributed by atoms with E-state index in [1.807, 2.05) is 0 Å². The second-order valence-electron chi connectivity index (χ2n) is 7.90. The monoisotopic (exact) mass is 295 g/mol. The number of benzene rings is 1. The molecule has 2 aliphatic rings. The fourth-order valence-corrected chi connectivity index (χ4v) is 5.06. The highest BCUT2D eigenvalue weighted by atomic mass is 16.3. The first-order valence-corrected chi connectivity index (χ1v) is 8.23. The zero-order valence-corrected chi connectivity index (χ0v) is 13.8. The molecular formula is C20H25NO. The molecule has 2 heteroatoms. The molecule has 0 aromatic heterocycles. The lowest BCUT2D eigenvalue weighted by Crippen LogP contribution is -2.46. The van der Waals surface area contributed by atoms with E-state index in [9.17, 15) is 5.11 Å². The predicted molar refractivity (Wildman–Crippen MR) is 89.3 cm³/mol. The summed E-state index contributed by atoms with van der Waals surface area (Å²) in [4.78, 5) is 3.64. The van der Waals surface area contributed by atoms with Crippen molar-refractivity contribution in [1.82, 2.24) is 0 Å². The number of rotatable bonds is 1. The average Bonchev–Trinajstić information content (AvgIpc) is 2.51. The normalized spacial score (nSPS) is 33.9. The molecule has 0 radical (unpaired) electrons. The van der Waals surface area contributed by atoms with Gasteiger partial charge in [-0.25, -0.2) is 4.85 Å². The molecule has 2 nitrogen and oxygen atoms in total. The molecule has 2 aliphatic carbocycles. The Bertz CT molecular complexity index is 637. The molecule has 1 aromatic rings. The van der Waals surface area contributed by atoms with Gasteiger partial charge in [-0.2, -0.15) is 0 Å². The summed E-state index contributed by atoms with van der Waals surface area (Å²) < 4.78 is 0. The maximum absolute atomic E-state index is 10.5. The summed E-state index contributed by atoms with van der Waals surface area (Å²) in [5.41, 5.74) is 1.82. The highest BCUT2D eigenvalue weighted by molar-refractivity contribution is 5.30. The second-order valence-corrected chi connectivity index (χ2v) is 7.90. The van der Waals surface area contributed by atoms with Crippen LogP contribution in [-0.2, 0) is 0 Å². The first kappa shape index (κ1) is 15.2. The van der Waals surface area contributed by atoms with E-state index >= 15 is 0 Å². The number of aliphatic hydroxyl groups excluding tert-OH is 1. The van der Waals surface area contributed by atoms with E-state index in [4.69, 9.17) is 6.57 Å². The van der Waals surface area contributed by atoms with E-state index < -0.39 is 0 Å². The molecule has 0 saturated heterocycles. The van der Waals surface area contributed by atoms with E-state index in [0.29, 0.717) is 23.3 Å². The van der Waals surface area contributed by atoms with Crippen LogP contribution in [0, 0.1) is 23.3 Å². The van der Waals surface area contributed by atoms with Gasteiger partial charge in [-0.05, 0) is 48.5 Å². The van der Waals surface area contributed by atoms with Crippen LogP contribution in [0.3, 0.4) is 0 Å². The van der Waals surface area contributed by atoms with Crippen molar-refractivity contribution in [2.45, 2.75) is 52.4 Å². The van der Waals surface area contributed by atoms with Gasteiger partial charge in [-0.1, -0.05) is 51.1 Å². The molecule has 1 fully saturated rings. The molecule has 1 N–H and O–H groups in total. The van der Waals surface area contributed by atoms with Crippen LogP contribution >= 0.6 is 0 Å². The van der Waals surface area contributed by atoms with Crippen LogP contribution in [0.5, 0.6) is 0 Å². The summed E-state index contributed by atoms with van der Waals surface area (Å²) in [5, 5.41) is 10.5. The third-order valence-electron chi connectivity index (χ3n) is 6.09. The van der Waals surface area contributed by atoms with E-state index in [0.717, 1.165) is 19.3 Å². The van der Waals surface area contributed by atoms with E-state index in [1.54, 1.807) is 0 Å². The number of hydrogen-bond donors (Lipinski definition) is 1. The van der Waals surface area contributed by atoms with Crippen LogP contribution in [0.1, 0.15) is 57.9 Å². The van der Waals surface area contributed by atoms with E-state index in [2.05, 4.69) is 55.9 Å². The fraction of sp³-hybridized carbons (Fsp3) is 0.550. The lowest BCUT2D eigenvalue weighted by Gasteiger charge is -2.54. The summed E-state index contributed by atoms with van der Waals surface area (Å²) in [6, 6.07) is 10.8. The molecule has 0 bridgehead atoms. The summed E-state index contributed by atoms with van der Waals surface area (Å²) in [5.74, 6) is 1.36. The van der Waals surface area contributed by atoms with Crippen molar-refractivity contribution in [2.24, 2.45) is 16.7 Å². The SMILES string of the molecule is [C-]#[N+]C1=C(O)C(C)(C)[C@@H]2CCC(c3ccccc3)C[C@@]2(C)C1. The van der Waals surface area contributed by atoms with Gasteiger partial charge in [0.15, 0.2) is 0 Å². The van der Waals surface area contributed by atoms with E-state index in [1.165, 1.54) is 12.0 Å². The lowest BCUT2D eigenvalue weighted by molar-refractivity contribution is -0.0114. The van der Waals surface area contributed by atoms with Gasteiger partial charge in [-0.15, -0.1) is 0 Å². The van der Waals surface area contributed by atoms with Crippen molar-refractivity contribution in [3.05, 3.63) is 58.8 Å². The molecule has 3 rings (SSSR count). The Hall–Kier alpha value is -1.75. The van der Waals surface area contributed by atoms with Gasteiger partial charge < -0.3 is 5.11 Å². The quantitative estimate of drug-likeness (QED) is 0.661. The molecule has 22 heavy (non-hydrogen) atoms. The molecular weight excluding hydrogens is 270 g/mol. The van der Waals surface area contributed by atoms with Crippen molar-refractivity contribution in [3.63, 3.8) is 0 Å². The van der Waals surface area contributed by atoms with Gasteiger partial charge in [0.25, 0.3) is 0 Å². The highest BCUT2D eigenvalue weighted by Crippen LogP contribution is 2.61. The van der Waals surface area contributed by atoms with Crippen molar-refractivity contribution < 1.29 is 5.11 Å². The summed E-state index contributed by atoms with van der Waals surface area (Å²) in [6.45, 7) is 14.0. The molecule has 1 saturated carbocycles. The van der Waals surface area contributed by atoms with E-state index in [-0.39, 0.29) is 10.8 Å². The maximum Gasteiger partial charge on any atom is 0.203 e. The van der Waals surface area contributed by atoms with Gasteiger partial charge in [0.1, 0.15) is 5.76 Å². The fourth-order valence-electron chi connectivity index (χ4n) is 5.06. The molecule has 0 heterocycles. The predicted octanol–water partition coefficient (Wildman–Crippen LogP) is 5.70. The largest absolute Gasteiger partial charge is 0.523 e. The standard InChI is InChI=1S/C20H25NO/c1-19(2)17-11-10-15(14-8-6-5-7-9-14)12-20(17,3)13-16(21-4)18(19)22/h5-9,15,17,22H,10-13H2,1-3H3/t15?,17-,20-/m0/s1. The van der Waals surface area contributed by atoms with Crippen LogP contribution in [0.2, 0.25) is 0 Å². The van der Waals surface area contributed by atoms with Gasteiger partial charge >= 0.3 is 0 Å². The molecule has 116 valence electrons. The zero-order valence-electron chi connectivity index (χ0n) is 13.8. The molecule has 1 unspecified atom stereocenters. The van der Waals surface area contributed by atoms with Crippen LogP contribution in [0.15, 0.2) is 41.8 Å². The first-order chi connectivity index (χ1) is 10.4. The Labute approximate surface area is 133 Å². The lowest BCUT2D eigenvalue weighted by atomic mass is 9.51. The smallest absolute Gasteiger partial charge is 0.203 e. The summed E-state index contributed by atoms with van der Waals surface area (Å²) in [6.07, 6.45) is 4.13. The Kier molecular flexibility index (Phi) is 3.56. The third kappa shape index (κ3) is 2.24. The maximum atomic E-state index is 10.5. The number of fused-ring (bicyclic) bond motifs is 1. The summed E-state index contributed by atoms with van der Waals surface area (Å²) in [7, 11) is 0. The number of aliphatic hydroxyl groups is 1. The Morgan fingerprint density at radius 3 is 2.45 bits per heavy atom. The van der Waals surface area contributed by atoms with Crippen LogP contribution in [0.25, 0.3) is 4.85 Å². The Morgan fingerprint density at radius 2 is 1.82 bits per heavy atom. The van der Waals surface area contributed by atoms with Crippen molar-refractivity contribution in [3.8, 4) is 0 Å². The van der Waals surface area contributed by atoms with Crippen LogP contribution in [-0.4, -0.2) is 5.11 Å². The van der Waals surface area contributed by atoms with Crippen molar-refractivity contribution in [2.75, 3.05) is 0 Å². The molecule has 0 amide bonds. The number of nitrogens with zero attached hydrogens (tertiary/aromatic N) is 1. The van der Waals surface area contributed by atoms with Crippen LogP contribution < -0.4 is 0 Å². The first-order valence-electron chi connectivity index (χ1n) is 8.23. The average molecular weight is 295 g/mol. The molecule has 0 spiro atoms. The number of allylic oxidation sites excluding steroid dienone is 2. The van der Waals surface area contributed by atoms with Crippen LogP contribution in [0.4, 0.5) is 0 Å². The minimum atomic E-state index is -0.283. The van der Waals surface area contributed by atoms with Crippen molar-refractivity contribution in [1.29, 1.82) is 0 Å². The number of hydrogen-bond acceptors (Lipinski definition) is 1. The minimum Gasteiger partial charge on any atom is -0.523 e. The second kappa shape index (κ2) is 5.16. The molecule has 1 aromatic carbocycles. The molecule has 0 aliphatic heterocycles. The van der Waals surface area contributed by atoms with Gasteiger partial charge in [-0.3, -0.25) is 0 Å². The van der Waals surface area contributed by atoms with Gasteiger partial charge in [0, 0.05) is 5.41 Å².